The molecule has 1 atom stereocenters. The molecule has 1 aliphatic carbocycles. The monoisotopic (exact) mass is 397 g/mol. The summed E-state index contributed by atoms with van der Waals surface area (Å²) in [5.41, 5.74) is -1.11. The molecule has 0 spiro atoms. The van der Waals surface area contributed by atoms with Gasteiger partial charge in [-0.05, 0) is 38.7 Å². The van der Waals surface area contributed by atoms with E-state index in [1.54, 1.807) is 18.7 Å². The van der Waals surface area contributed by atoms with E-state index in [1.165, 1.54) is 6.07 Å². The molecule has 1 aromatic carbocycles. The molecular formula is C19H21ClFNO5. The number of carbonyl (C=O) groups excluding carboxylic acids is 1. The Kier molecular flexibility index (Phi) is 4.07. The van der Waals surface area contributed by atoms with Gasteiger partial charge in [0.25, 0.3) is 11.7 Å². The van der Waals surface area contributed by atoms with Gasteiger partial charge in [0.1, 0.15) is 0 Å². The number of likely N-dealkylation sites (tertiary alicyclic amines) is 1. The van der Waals surface area contributed by atoms with Crippen LogP contribution in [-0.2, 0) is 4.79 Å². The van der Waals surface area contributed by atoms with Crippen molar-refractivity contribution in [1.82, 2.24) is 4.90 Å². The van der Waals surface area contributed by atoms with Crippen molar-refractivity contribution in [3.63, 3.8) is 0 Å². The molecule has 4 rings (SSSR count). The van der Waals surface area contributed by atoms with E-state index in [4.69, 9.17) is 21.1 Å². The van der Waals surface area contributed by atoms with Gasteiger partial charge in [0, 0.05) is 31.5 Å². The quantitative estimate of drug-likeness (QED) is 0.843. The van der Waals surface area contributed by atoms with Gasteiger partial charge in [0.2, 0.25) is 0 Å². The first kappa shape index (κ1) is 18.3. The molecule has 146 valence electrons. The second-order valence-electron chi connectivity index (χ2n) is 7.75. The molecule has 0 radical (unpaired) electrons. The number of fused-ring (bicyclic) bond motifs is 1. The van der Waals surface area contributed by atoms with Gasteiger partial charge in [0.15, 0.2) is 17.2 Å². The maximum Gasteiger partial charge on any atom is 0.336 e. The van der Waals surface area contributed by atoms with Gasteiger partial charge < -0.3 is 19.5 Å². The fourth-order valence-corrected chi connectivity index (χ4v) is 4.18. The maximum atomic E-state index is 14.0. The third-order valence-electron chi connectivity index (χ3n) is 5.87. The summed E-state index contributed by atoms with van der Waals surface area (Å²) in [6.07, 6.45) is 1.84. The number of rotatable bonds is 3. The normalized spacial score (nSPS) is 26.1. The minimum atomic E-state index is -1.65. The minimum Gasteiger partial charge on any atom is -0.478 e. The zero-order valence-electron chi connectivity index (χ0n) is 15.2. The first-order valence-electron chi connectivity index (χ1n) is 9.07. The first-order chi connectivity index (χ1) is 12.6. The lowest BCUT2D eigenvalue weighted by atomic mass is 9.89. The topological polar surface area (TPSA) is 76.1 Å². The number of carboxylic acids is 1. The highest BCUT2D eigenvalue weighted by Gasteiger charge is 2.54. The van der Waals surface area contributed by atoms with Crippen LogP contribution in [-0.4, -0.2) is 46.4 Å². The summed E-state index contributed by atoms with van der Waals surface area (Å²) in [5.74, 6) is -1.83. The third-order valence-corrected chi connectivity index (χ3v) is 6.16. The van der Waals surface area contributed by atoms with Crippen LogP contribution in [0.15, 0.2) is 6.07 Å². The van der Waals surface area contributed by atoms with Crippen LogP contribution >= 0.6 is 11.6 Å². The van der Waals surface area contributed by atoms with E-state index in [-0.39, 0.29) is 16.5 Å². The molecule has 2 fully saturated rings. The Morgan fingerprint density at radius 3 is 2.41 bits per heavy atom. The predicted octanol–water partition coefficient (Wildman–Crippen LogP) is 3.57. The lowest BCUT2D eigenvalue weighted by molar-refractivity contribution is -0.148. The van der Waals surface area contributed by atoms with Gasteiger partial charge in [-0.15, -0.1) is 0 Å². The van der Waals surface area contributed by atoms with Crippen molar-refractivity contribution in [3.8, 4) is 11.5 Å². The van der Waals surface area contributed by atoms with Gasteiger partial charge in [-0.3, -0.25) is 4.79 Å². The molecular weight excluding hydrogens is 377 g/mol. The van der Waals surface area contributed by atoms with E-state index in [1.807, 2.05) is 0 Å². The highest BCUT2D eigenvalue weighted by molar-refractivity contribution is 6.32. The number of halogens is 2. The van der Waals surface area contributed by atoms with E-state index in [9.17, 15) is 19.1 Å². The zero-order chi connectivity index (χ0) is 19.6. The molecule has 1 unspecified atom stereocenters. The van der Waals surface area contributed by atoms with Gasteiger partial charge in [-0.25, -0.2) is 9.18 Å². The summed E-state index contributed by atoms with van der Waals surface area (Å²) in [6.45, 7) is 4.34. The van der Waals surface area contributed by atoms with E-state index in [0.717, 1.165) is 0 Å². The van der Waals surface area contributed by atoms with Gasteiger partial charge >= 0.3 is 5.97 Å². The van der Waals surface area contributed by atoms with E-state index in [2.05, 4.69) is 0 Å². The third kappa shape index (κ3) is 2.92. The number of amides is 1. The number of benzene rings is 1. The zero-order valence-corrected chi connectivity index (χ0v) is 15.9. The van der Waals surface area contributed by atoms with Crippen molar-refractivity contribution in [2.75, 3.05) is 13.1 Å². The molecule has 8 heteroatoms. The van der Waals surface area contributed by atoms with Crippen molar-refractivity contribution < 1.29 is 28.6 Å². The molecule has 1 saturated heterocycles. The molecule has 6 nitrogen and oxygen atoms in total. The van der Waals surface area contributed by atoms with Crippen LogP contribution in [0, 0.1) is 12.8 Å². The van der Waals surface area contributed by atoms with Crippen molar-refractivity contribution >= 4 is 23.5 Å². The number of carboxylic acid groups (broad SMARTS) is 1. The van der Waals surface area contributed by atoms with Crippen LogP contribution in [0.5, 0.6) is 11.5 Å². The SMILES string of the molecule is Cc1c(C(=O)O)cc(Cl)c2c1OC(C)(C1CCN(C(=O)C3(F)CC3)CC1)O2. The molecule has 0 aromatic heterocycles. The van der Waals surface area contributed by atoms with Gasteiger partial charge in [-0.2, -0.15) is 0 Å². The Morgan fingerprint density at radius 2 is 1.85 bits per heavy atom. The second kappa shape index (κ2) is 5.99. The van der Waals surface area contributed by atoms with E-state index < -0.39 is 23.3 Å². The van der Waals surface area contributed by atoms with Gasteiger partial charge in [-0.1, -0.05) is 11.6 Å². The first-order valence-corrected chi connectivity index (χ1v) is 9.45. The fraction of sp³-hybridized carbons (Fsp3) is 0.579. The fourth-order valence-electron chi connectivity index (χ4n) is 3.95. The molecule has 27 heavy (non-hydrogen) atoms. The standard InChI is InChI=1S/C19H21ClFNO5/c1-10-12(16(23)24)9-13(20)15-14(10)26-18(2,27-15)11-3-7-22(8-4-11)17(25)19(21)5-6-19/h9,11H,3-8H2,1-2H3,(H,23,24). The summed E-state index contributed by atoms with van der Waals surface area (Å²) in [5, 5.41) is 9.52. The number of hydrogen-bond donors (Lipinski definition) is 1. The number of nitrogens with zero attached hydrogens (tertiary/aromatic N) is 1. The average molecular weight is 398 g/mol. The van der Waals surface area contributed by atoms with Crippen LogP contribution in [0.3, 0.4) is 0 Å². The lowest BCUT2D eigenvalue weighted by Crippen LogP contribution is -2.51. The smallest absolute Gasteiger partial charge is 0.336 e. The molecule has 1 aromatic rings. The maximum absolute atomic E-state index is 14.0. The van der Waals surface area contributed by atoms with Crippen molar-refractivity contribution in [3.05, 3.63) is 22.2 Å². The van der Waals surface area contributed by atoms with E-state index in [0.29, 0.717) is 55.8 Å². The number of alkyl halides is 1. The molecule has 1 amide bonds. The van der Waals surface area contributed by atoms with Crippen molar-refractivity contribution in [2.24, 2.45) is 5.92 Å². The molecule has 3 aliphatic rings. The van der Waals surface area contributed by atoms with Crippen molar-refractivity contribution in [2.45, 2.75) is 51.0 Å². The van der Waals surface area contributed by atoms with Crippen LogP contribution < -0.4 is 9.47 Å². The largest absolute Gasteiger partial charge is 0.478 e. The molecule has 0 bridgehead atoms. The van der Waals surface area contributed by atoms with E-state index >= 15 is 0 Å². The van der Waals surface area contributed by atoms with Crippen LogP contribution in [0.25, 0.3) is 0 Å². The minimum absolute atomic E-state index is 0.0348. The molecule has 2 aliphatic heterocycles. The average Bonchev–Trinajstić information content (AvgIpc) is 3.27. The summed E-state index contributed by atoms with van der Waals surface area (Å²) in [7, 11) is 0. The Bertz CT molecular complexity index is 832. The number of hydrogen-bond acceptors (Lipinski definition) is 4. The second-order valence-corrected chi connectivity index (χ2v) is 8.15. The number of carbonyl (C=O) groups is 2. The Morgan fingerprint density at radius 1 is 1.26 bits per heavy atom. The Hall–Kier alpha value is -2.02. The summed E-state index contributed by atoms with van der Waals surface area (Å²) in [6, 6.07) is 1.37. The lowest BCUT2D eigenvalue weighted by Gasteiger charge is -2.39. The number of aromatic carboxylic acids is 1. The van der Waals surface area contributed by atoms with Gasteiger partial charge in [0.05, 0.1) is 10.6 Å². The Labute approximate surface area is 161 Å². The van der Waals surface area contributed by atoms with Crippen LogP contribution in [0.1, 0.15) is 48.5 Å². The summed E-state index contributed by atoms with van der Waals surface area (Å²) >= 11 is 6.22. The highest BCUT2D eigenvalue weighted by atomic mass is 35.5. The van der Waals surface area contributed by atoms with Crippen LogP contribution in [0.2, 0.25) is 5.02 Å². The van der Waals surface area contributed by atoms with Crippen LogP contribution in [0.4, 0.5) is 4.39 Å². The number of piperidine rings is 1. The molecule has 2 heterocycles. The number of ether oxygens (including phenoxy) is 2. The summed E-state index contributed by atoms with van der Waals surface area (Å²) < 4.78 is 26.1. The predicted molar refractivity (Wildman–Crippen MR) is 95.2 cm³/mol. The molecule has 1 N–H and O–H groups in total. The summed E-state index contributed by atoms with van der Waals surface area (Å²) in [4.78, 5) is 25.2. The highest BCUT2D eigenvalue weighted by Crippen LogP contribution is 2.51. The van der Waals surface area contributed by atoms with Crippen molar-refractivity contribution in [1.29, 1.82) is 0 Å². The molecule has 1 saturated carbocycles. The Balaban J connectivity index is 1.50.